The van der Waals surface area contributed by atoms with Crippen molar-refractivity contribution < 1.29 is 17.9 Å². The van der Waals surface area contributed by atoms with E-state index in [4.69, 9.17) is 27.9 Å². The summed E-state index contributed by atoms with van der Waals surface area (Å²) in [4.78, 5) is 12.7. The average molecular weight is 520 g/mol. The quantitative estimate of drug-likeness (QED) is 0.329. The lowest BCUT2D eigenvalue weighted by molar-refractivity contribution is -0.121. The molecule has 3 aromatic rings. The lowest BCUT2D eigenvalue weighted by Gasteiger charge is -2.22. The minimum Gasteiger partial charge on any atom is -0.497 e. The second-order valence-corrected chi connectivity index (χ2v) is 10.1. The highest BCUT2D eigenvalue weighted by Crippen LogP contribution is 2.28. The smallest absolute Gasteiger partial charge is 0.255 e. The third-order valence-corrected chi connectivity index (χ3v) is 7.39. The Labute approximate surface area is 209 Å². The molecule has 34 heavy (non-hydrogen) atoms. The van der Waals surface area contributed by atoms with Gasteiger partial charge in [0.2, 0.25) is 10.0 Å². The Kier molecular flexibility index (Phi) is 8.68. The van der Waals surface area contributed by atoms with Gasteiger partial charge in [-0.25, -0.2) is 13.8 Å². The van der Waals surface area contributed by atoms with Gasteiger partial charge in [-0.3, -0.25) is 4.79 Å². The van der Waals surface area contributed by atoms with Crippen molar-refractivity contribution in [3.05, 3.63) is 93.5 Å². The molecule has 0 heterocycles. The van der Waals surface area contributed by atoms with E-state index in [0.717, 1.165) is 9.87 Å². The maximum absolute atomic E-state index is 13.4. The van der Waals surface area contributed by atoms with Crippen LogP contribution in [-0.4, -0.2) is 38.5 Å². The van der Waals surface area contributed by atoms with Gasteiger partial charge in [0.1, 0.15) is 5.75 Å². The van der Waals surface area contributed by atoms with Gasteiger partial charge in [0, 0.05) is 22.2 Å². The molecule has 10 heteroatoms. The molecule has 0 aromatic heterocycles. The number of ether oxygens (including phenoxy) is 1. The van der Waals surface area contributed by atoms with Crippen molar-refractivity contribution in [2.45, 2.75) is 18.4 Å². The molecule has 7 nitrogen and oxygen atoms in total. The van der Waals surface area contributed by atoms with Crippen LogP contribution in [0.15, 0.2) is 76.7 Å². The molecule has 3 aromatic carbocycles. The van der Waals surface area contributed by atoms with Crippen molar-refractivity contribution in [3.63, 3.8) is 0 Å². The minimum atomic E-state index is -4.04. The Morgan fingerprint density at radius 1 is 1.06 bits per heavy atom. The largest absolute Gasteiger partial charge is 0.497 e. The first-order valence-electron chi connectivity index (χ1n) is 10.2. The highest BCUT2D eigenvalue weighted by Gasteiger charge is 2.28. The number of carbonyl (C=O) groups excluding carboxylic acids is 1. The van der Waals surface area contributed by atoms with E-state index in [1.807, 2.05) is 6.92 Å². The van der Waals surface area contributed by atoms with Crippen molar-refractivity contribution in [2.24, 2.45) is 5.10 Å². The Balaban J connectivity index is 1.83. The molecule has 1 N–H and O–H groups in total. The first-order valence-corrected chi connectivity index (χ1v) is 12.4. The van der Waals surface area contributed by atoms with Crippen LogP contribution in [-0.2, 0) is 21.4 Å². The van der Waals surface area contributed by atoms with E-state index in [1.54, 1.807) is 61.7 Å². The Morgan fingerprint density at radius 2 is 1.71 bits per heavy atom. The van der Waals surface area contributed by atoms with Crippen molar-refractivity contribution in [3.8, 4) is 5.75 Å². The van der Waals surface area contributed by atoms with Crippen LogP contribution in [0.25, 0.3) is 0 Å². The summed E-state index contributed by atoms with van der Waals surface area (Å²) in [6.45, 7) is 1.17. The molecule has 0 bridgehead atoms. The number of hydrazone groups is 1. The molecule has 0 aliphatic carbocycles. The normalized spacial score (nSPS) is 11.7. The predicted molar refractivity (Wildman–Crippen MR) is 134 cm³/mol. The molecule has 0 radical (unpaired) electrons. The number of amides is 1. The van der Waals surface area contributed by atoms with Crippen LogP contribution in [0.5, 0.6) is 5.75 Å². The first-order chi connectivity index (χ1) is 16.2. The van der Waals surface area contributed by atoms with Gasteiger partial charge < -0.3 is 4.74 Å². The summed E-state index contributed by atoms with van der Waals surface area (Å²) in [6, 6.07) is 18.3. The fourth-order valence-corrected chi connectivity index (χ4v) is 4.92. The number of methoxy groups -OCH3 is 1. The van der Waals surface area contributed by atoms with E-state index in [-0.39, 0.29) is 11.4 Å². The van der Waals surface area contributed by atoms with E-state index in [9.17, 15) is 13.2 Å². The monoisotopic (exact) mass is 519 g/mol. The van der Waals surface area contributed by atoms with Crippen molar-refractivity contribution in [1.29, 1.82) is 0 Å². The minimum absolute atomic E-state index is 0.0500. The number of aryl methyl sites for hydroxylation is 1. The molecular formula is C24H23Cl2N3O4S. The molecule has 0 fully saturated rings. The average Bonchev–Trinajstić information content (AvgIpc) is 2.81. The van der Waals surface area contributed by atoms with E-state index < -0.39 is 22.5 Å². The number of hydrogen-bond acceptors (Lipinski definition) is 5. The van der Waals surface area contributed by atoms with E-state index in [1.165, 1.54) is 18.3 Å². The van der Waals surface area contributed by atoms with Gasteiger partial charge in [-0.15, -0.1) is 0 Å². The SMILES string of the molecule is COc1cccc(/C=N\NC(=O)CN(Cc2c(Cl)cccc2Cl)S(=O)(=O)c2ccc(C)cc2)c1. The topological polar surface area (TPSA) is 88.1 Å². The van der Waals surface area contributed by atoms with E-state index in [2.05, 4.69) is 10.5 Å². The van der Waals surface area contributed by atoms with Crippen LogP contribution in [0.2, 0.25) is 10.0 Å². The van der Waals surface area contributed by atoms with Crippen molar-refractivity contribution in [1.82, 2.24) is 9.73 Å². The third-order valence-electron chi connectivity index (χ3n) is 4.87. The molecule has 0 saturated heterocycles. The zero-order chi connectivity index (χ0) is 24.7. The van der Waals surface area contributed by atoms with Gasteiger partial charge in [0.05, 0.1) is 24.8 Å². The van der Waals surface area contributed by atoms with Crippen LogP contribution >= 0.6 is 23.2 Å². The summed E-state index contributed by atoms with van der Waals surface area (Å²) in [5.74, 6) is 0.0141. The fraction of sp³-hybridized carbons (Fsp3) is 0.167. The maximum atomic E-state index is 13.4. The molecule has 0 saturated carbocycles. The maximum Gasteiger partial charge on any atom is 0.255 e. The second kappa shape index (κ2) is 11.5. The van der Waals surface area contributed by atoms with Gasteiger partial charge in [0.25, 0.3) is 5.91 Å². The van der Waals surface area contributed by atoms with Crippen LogP contribution < -0.4 is 10.2 Å². The van der Waals surface area contributed by atoms with Crippen molar-refractivity contribution in [2.75, 3.05) is 13.7 Å². The molecule has 178 valence electrons. The van der Waals surface area contributed by atoms with Crippen LogP contribution in [0.3, 0.4) is 0 Å². The van der Waals surface area contributed by atoms with Crippen LogP contribution in [0.4, 0.5) is 0 Å². The zero-order valence-electron chi connectivity index (χ0n) is 18.5. The van der Waals surface area contributed by atoms with Gasteiger partial charge >= 0.3 is 0 Å². The standard InChI is InChI=1S/C24H23Cl2N3O4S/c1-17-9-11-20(12-10-17)34(31,32)29(15-21-22(25)7-4-8-23(21)26)16-24(30)28-27-14-18-5-3-6-19(13-18)33-2/h3-14H,15-16H2,1-2H3,(H,28,30)/b27-14-. The van der Waals surface area contributed by atoms with Gasteiger partial charge in [-0.1, -0.05) is 59.1 Å². The van der Waals surface area contributed by atoms with E-state index >= 15 is 0 Å². The number of nitrogens with one attached hydrogen (secondary N) is 1. The molecule has 0 atom stereocenters. The number of halogens is 2. The lowest BCUT2D eigenvalue weighted by atomic mass is 10.2. The summed E-state index contributed by atoms with van der Waals surface area (Å²) < 4.78 is 32.9. The fourth-order valence-electron chi connectivity index (χ4n) is 3.04. The molecule has 0 aliphatic heterocycles. The Morgan fingerprint density at radius 3 is 2.35 bits per heavy atom. The molecular weight excluding hydrogens is 497 g/mol. The summed E-state index contributed by atoms with van der Waals surface area (Å²) in [5.41, 5.74) is 4.37. The number of rotatable bonds is 9. The predicted octanol–water partition coefficient (Wildman–Crippen LogP) is 4.65. The number of benzene rings is 3. The molecule has 0 spiro atoms. The highest BCUT2D eigenvalue weighted by molar-refractivity contribution is 7.89. The second-order valence-electron chi connectivity index (χ2n) is 7.36. The summed E-state index contributed by atoms with van der Waals surface area (Å²) in [6.07, 6.45) is 1.43. The van der Waals surface area contributed by atoms with E-state index in [0.29, 0.717) is 26.9 Å². The summed E-state index contributed by atoms with van der Waals surface area (Å²) >= 11 is 12.5. The highest BCUT2D eigenvalue weighted by atomic mass is 35.5. The number of hydrogen-bond donors (Lipinski definition) is 1. The molecule has 0 unspecified atom stereocenters. The number of carbonyl (C=O) groups is 1. The Bertz CT molecular complexity index is 1280. The number of sulfonamides is 1. The molecule has 3 rings (SSSR count). The Hall–Kier alpha value is -2.91. The zero-order valence-corrected chi connectivity index (χ0v) is 20.9. The van der Waals surface area contributed by atoms with Crippen LogP contribution in [0.1, 0.15) is 16.7 Å². The van der Waals surface area contributed by atoms with Crippen LogP contribution in [0, 0.1) is 6.92 Å². The molecule has 0 aliphatic rings. The lowest BCUT2D eigenvalue weighted by Crippen LogP contribution is -2.39. The van der Waals surface area contributed by atoms with Gasteiger partial charge in [-0.05, 0) is 48.9 Å². The molecule has 1 amide bonds. The van der Waals surface area contributed by atoms with Crippen molar-refractivity contribution >= 4 is 45.3 Å². The summed E-state index contributed by atoms with van der Waals surface area (Å²) in [5, 5.41) is 4.52. The van der Waals surface area contributed by atoms with Gasteiger partial charge in [0.15, 0.2) is 0 Å². The first kappa shape index (κ1) is 25.7. The third kappa shape index (κ3) is 6.57. The number of nitrogens with zero attached hydrogens (tertiary/aromatic N) is 2. The summed E-state index contributed by atoms with van der Waals surface area (Å²) in [7, 11) is -2.50. The van der Waals surface area contributed by atoms with Gasteiger partial charge in [-0.2, -0.15) is 9.41 Å².